The van der Waals surface area contributed by atoms with E-state index in [1.807, 2.05) is 60.7 Å². The molecule has 0 unspecified atom stereocenters. The van der Waals surface area contributed by atoms with Crippen LogP contribution < -0.4 is 0 Å². The van der Waals surface area contributed by atoms with Crippen LogP contribution in [0.2, 0.25) is 0 Å². The summed E-state index contributed by atoms with van der Waals surface area (Å²) in [5.41, 5.74) is 8.64. The number of nitrogens with zero attached hydrogens (tertiary/aromatic N) is 4. The Balaban J connectivity index is 1.33. The van der Waals surface area contributed by atoms with E-state index in [-0.39, 0.29) is 0 Å². The first-order chi connectivity index (χ1) is 21.3. The summed E-state index contributed by atoms with van der Waals surface area (Å²) in [6, 6.07) is 54.5. The van der Waals surface area contributed by atoms with Crippen molar-refractivity contribution >= 4 is 21.8 Å². The molecule has 0 saturated heterocycles. The van der Waals surface area contributed by atoms with E-state index < -0.39 is 0 Å². The van der Waals surface area contributed by atoms with Gasteiger partial charge in [-0.05, 0) is 41.5 Å². The molecule has 0 spiro atoms. The maximum absolute atomic E-state index is 4.96. The van der Waals surface area contributed by atoms with Gasteiger partial charge < -0.3 is 4.57 Å². The SMILES string of the molecule is c1ccc(-c2nc(-c3ccccc3)nc(-c3cccc(-c4cccc5c4c4ccccc4n5-c4ccccc4)c3)n2)cc1. The molecule has 4 heteroatoms. The molecule has 0 saturated carbocycles. The van der Waals surface area contributed by atoms with Gasteiger partial charge in [-0.2, -0.15) is 0 Å². The van der Waals surface area contributed by atoms with E-state index in [0.29, 0.717) is 17.5 Å². The third kappa shape index (κ3) is 4.46. The molecule has 2 aromatic heterocycles. The highest BCUT2D eigenvalue weighted by Crippen LogP contribution is 2.39. The van der Waals surface area contributed by atoms with Crippen LogP contribution in [0.5, 0.6) is 0 Å². The number of benzene rings is 6. The van der Waals surface area contributed by atoms with Gasteiger partial charge in [0, 0.05) is 33.2 Å². The number of hydrogen-bond donors (Lipinski definition) is 0. The molecule has 4 nitrogen and oxygen atoms in total. The molecule has 0 fully saturated rings. The molecule has 0 radical (unpaired) electrons. The van der Waals surface area contributed by atoms with Gasteiger partial charge in [-0.3, -0.25) is 0 Å². The highest BCUT2D eigenvalue weighted by molar-refractivity contribution is 6.15. The lowest BCUT2D eigenvalue weighted by atomic mass is 9.97. The minimum atomic E-state index is 0.647. The molecule has 8 aromatic rings. The van der Waals surface area contributed by atoms with E-state index in [1.165, 1.54) is 27.4 Å². The Morgan fingerprint density at radius 2 is 0.860 bits per heavy atom. The molecule has 202 valence electrons. The molecule has 0 amide bonds. The minimum Gasteiger partial charge on any atom is -0.309 e. The van der Waals surface area contributed by atoms with Crippen LogP contribution >= 0.6 is 0 Å². The zero-order valence-corrected chi connectivity index (χ0v) is 23.3. The second-order valence-electron chi connectivity index (χ2n) is 10.5. The third-order valence-electron chi connectivity index (χ3n) is 7.84. The molecule has 6 aromatic carbocycles. The molecule has 8 rings (SSSR count). The average molecular weight is 551 g/mol. The van der Waals surface area contributed by atoms with Crippen LogP contribution in [0, 0.1) is 0 Å². The Hall–Kier alpha value is -5.87. The smallest absolute Gasteiger partial charge is 0.164 e. The first-order valence-corrected chi connectivity index (χ1v) is 14.4. The molecule has 0 bridgehead atoms. The van der Waals surface area contributed by atoms with Crippen LogP contribution in [-0.2, 0) is 0 Å². The number of fused-ring (bicyclic) bond motifs is 3. The monoisotopic (exact) mass is 550 g/mol. The predicted molar refractivity (Wildman–Crippen MR) is 176 cm³/mol. The molecule has 0 N–H and O–H groups in total. The fourth-order valence-electron chi connectivity index (χ4n) is 5.88. The normalized spacial score (nSPS) is 11.3. The minimum absolute atomic E-state index is 0.647. The number of hydrogen-bond acceptors (Lipinski definition) is 3. The summed E-state index contributed by atoms with van der Waals surface area (Å²) in [6.45, 7) is 0. The Bertz CT molecular complexity index is 2160. The summed E-state index contributed by atoms with van der Waals surface area (Å²) in [4.78, 5) is 14.8. The lowest BCUT2D eigenvalue weighted by molar-refractivity contribution is 1.07. The summed E-state index contributed by atoms with van der Waals surface area (Å²) in [7, 11) is 0. The lowest BCUT2D eigenvalue weighted by Crippen LogP contribution is -2.00. The second-order valence-corrected chi connectivity index (χ2v) is 10.5. The van der Waals surface area contributed by atoms with Crippen molar-refractivity contribution in [2.45, 2.75) is 0 Å². The molecule has 0 atom stereocenters. The highest BCUT2D eigenvalue weighted by Gasteiger charge is 2.17. The van der Waals surface area contributed by atoms with Gasteiger partial charge in [0.25, 0.3) is 0 Å². The van der Waals surface area contributed by atoms with Crippen molar-refractivity contribution < 1.29 is 0 Å². The summed E-state index contributed by atoms with van der Waals surface area (Å²) in [5.74, 6) is 1.96. The highest BCUT2D eigenvalue weighted by atomic mass is 15.0. The maximum atomic E-state index is 4.96. The largest absolute Gasteiger partial charge is 0.309 e. The van der Waals surface area contributed by atoms with Crippen LogP contribution in [0.3, 0.4) is 0 Å². The van der Waals surface area contributed by atoms with Gasteiger partial charge in [0.1, 0.15) is 0 Å². The van der Waals surface area contributed by atoms with Crippen molar-refractivity contribution in [3.63, 3.8) is 0 Å². The molecule has 0 aliphatic rings. The summed E-state index contributed by atoms with van der Waals surface area (Å²) >= 11 is 0. The zero-order valence-electron chi connectivity index (χ0n) is 23.3. The van der Waals surface area contributed by atoms with Crippen LogP contribution in [0.4, 0.5) is 0 Å². The molecule has 0 aliphatic carbocycles. The topological polar surface area (TPSA) is 43.6 Å². The number of para-hydroxylation sites is 2. The van der Waals surface area contributed by atoms with Crippen molar-refractivity contribution in [3.05, 3.63) is 158 Å². The van der Waals surface area contributed by atoms with Gasteiger partial charge in [0.05, 0.1) is 11.0 Å². The summed E-state index contributed by atoms with van der Waals surface area (Å²) in [6.07, 6.45) is 0. The Morgan fingerprint density at radius 1 is 0.372 bits per heavy atom. The van der Waals surface area contributed by atoms with Crippen molar-refractivity contribution in [2.75, 3.05) is 0 Å². The van der Waals surface area contributed by atoms with E-state index in [2.05, 4.69) is 102 Å². The van der Waals surface area contributed by atoms with Gasteiger partial charge in [-0.25, -0.2) is 15.0 Å². The van der Waals surface area contributed by atoms with Gasteiger partial charge in [0.2, 0.25) is 0 Å². The Morgan fingerprint density at radius 3 is 1.53 bits per heavy atom. The number of rotatable bonds is 5. The van der Waals surface area contributed by atoms with Crippen molar-refractivity contribution in [1.82, 2.24) is 19.5 Å². The van der Waals surface area contributed by atoms with Gasteiger partial charge in [-0.1, -0.05) is 127 Å². The maximum Gasteiger partial charge on any atom is 0.164 e. The quantitative estimate of drug-likeness (QED) is 0.214. The fourth-order valence-corrected chi connectivity index (χ4v) is 5.88. The van der Waals surface area contributed by atoms with E-state index in [1.54, 1.807) is 0 Å². The molecule has 43 heavy (non-hydrogen) atoms. The van der Waals surface area contributed by atoms with Crippen LogP contribution in [0.1, 0.15) is 0 Å². The fraction of sp³-hybridized carbons (Fsp3) is 0. The van der Waals surface area contributed by atoms with E-state index in [4.69, 9.17) is 15.0 Å². The molecular formula is C39H26N4. The third-order valence-corrected chi connectivity index (χ3v) is 7.84. The predicted octanol–water partition coefficient (Wildman–Crippen LogP) is 9.64. The van der Waals surface area contributed by atoms with E-state index in [0.717, 1.165) is 27.9 Å². The van der Waals surface area contributed by atoms with E-state index in [9.17, 15) is 0 Å². The Labute approximate surface area is 249 Å². The first kappa shape index (κ1) is 24.9. The summed E-state index contributed by atoms with van der Waals surface area (Å²) < 4.78 is 2.35. The van der Waals surface area contributed by atoms with Crippen molar-refractivity contribution in [1.29, 1.82) is 0 Å². The van der Waals surface area contributed by atoms with Gasteiger partial charge in [0.15, 0.2) is 17.5 Å². The van der Waals surface area contributed by atoms with Crippen LogP contribution in [0.15, 0.2) is 158 Å². The molecule has 2 heterocycles. The van der Waals surface area contributed by atoms with E-state index >= 15 is 0 Å². The van der Waals surface area contributed by atoms with Gasteiger partial charge in [-0.15, -0.1) is 0 Å². The van der Waals surface area contributed by atoms with Crippen LogP contribution in [0.25, 0.3) is 72.8 Å². The number of aromatic nitrogens is 4. The Kier molecular flexibility index (Phi) is 6.08. The van der Waals surface area contributed by atoms with Crippen LogP contribution in [-0.4, -0.2) is 19.5 Å². The molecule has 0 aliphatic heterocycles. The first-order valence-electron chi connectivity index (χ1n) is 14.4. The van der Waals surface area contributed by atoms with Crippen molar-refractivity contribution in [2.24, 2.45) is 0 Å². The second kappa shape index (κ2) is 10.5. The lowest BCUT2D eigenvalue weighted by Gasteiger charge is -2.11. The zero-order chi connectivity index (χ0) is 28.6. The van der Waals surface area contributed by atoms with Gasteiger partial charge >= 0.3 is 0 Å². The summed E-state index contributed by atoms with van der Waals surface area (Å²) in [5, 5.41) is 2.45. The van der Waals surface area contributed by atoms with Crippen molar-refractivity contribution in [3.8, 4) is 51.0 Å². The standard InChI is InChI=1S/C39H26N4/c1-4-14-27(15-5-1)37-40-38(28-16-6-2-7-17-28)42-39(41-37)30-19-12-18-29(26-30)32-23-13-25-35-36(32)33-22-10-11-24-34(33)43(35)31-20-8-3-9-21-31/h1-26H. The molecular weight excluding hydrogens is 524 g/mol. The average Bonchev–Trinajstić information content (AvgIpc) is 3.44.